The molecular weight excluding hydrogens is 246 g/mol. The van der Waals surface area contributed by atoms with Crippen LogP contribution in [0.15, 0.2) is 18.2 Å². The van der Waals surface area contributed by atoms with Gasteiger partial charge in [-0.2, -0.15) is 0 Å². The molecular formula is C13H15N3O3. The molecule has 2 N–H and O–H groups in total. The van der Waals surface area contributed by atoms with E-state index in [1.165, 1.54) is 0 Å². The normalized spacial score (nSPS) is 14.5. The van der Waals surface area contributed by atoms with Gasteiger partial charge in [0.05, 0.1) is 6.54 Å². The molecule has 0 atom stereocenters. The molecule has 1 aromatic carbocycles. The number of nitrogens with one attached hydrogen (secondary N) is 2. The molecule has 6 nitrogen and oxygen atoms in total. The number of imide groups is 1. The summed E-state index contributed by atoms with van der Waals surface area (Å²) in [5.41, 5.74) is 2.59. The van der Waals surface area contributed by atoms with Crippen molar-refractivity contribution in [1.29, 1.82) is 0 Å². The number of aryl methyl sites for hydroxylation is 2. The molecule has 1 saturated heterocycles. The van der Waals surface area contributed by atoms with Crippen molar-refractivity contribution in [1.82, 2.24) is 10.2 Å². The summed E-state index contributed by atoms with van der Waals surface area (Å²) in [4.78, 5) is 35.5. The van der Waals surface area contributed by atoms with Crippen LogP contribution in [0.2, 0.25) is 0 Å². The lowest BCUT2D eigenvalue weighted by Crippen LogP contribution is -2.38. The summed E-state index contributed by atoms with van der Waals surface area (Å²) >= 11 is 0. The highest BCUT2D eigenvalue weighted by molar-refractivity contribution is 6.06. The van der Waals surface area contributed by atoms with Gasteiger partial charge >= 0.3 is 6.03 Å². The van der Waals surface area contributed by atoms with E-state index in [2.05, 4.69) is 10.6 Å². The second-order valence-electron chi connectivity index (χ2n) is 4.45. The van der Waals surface area contributed by atoms with Crippen molar-refractivity contribution >= 4 is 23.5 Å². The Labute approximate surface area is 110 Å². The number of urea groups is 1. The molecule has 2 rings (SSSR count). The van der Waals surface area contributed by atoms with Gasteiger partial charge in [-0.1, -0.05) is 18.2 Å². The molecule has 6 heteroatoms. The van der Waals surface area contributed by atoms with E-state index in [0.717, 1.165) is 21.7 Å². The Bertz CT molecular complexity index is 518. The van der Waals surface area contributed by atoms with E-state index in [9.17, 15) is 14.4 Å². The molecule has 4 amide bonds. The molecule has 1 heterocycles. The minimum atomic E-state index is -0.526. The second kappa shape index (κ2) is 5.09. The zero-order chi connectivity index (χ0) is 14.0. The van der Waals surface area contributed by atoms with Crippen LogP contribution in [-0.4, -0.2) is 35.8 Å². The third-order valence-corrected chi connectivity index (χ3v) is 2.98. The molecule has 19 heavy (non-hydrogen) atoms. The first kappa shape index (κ1) is 13.1. The first-order valence-electron chi connectivity index (χ1n) is 5.93. The highest BCUT2D eigenvalue weighted by Gasteiger charge is 2.30. The van der Waals surface area contributed by atoms with Gasteiger partial charge in [-0.25, -0.2) is 4.79 Å². The molecule has 0 aromatic heterocycles. The number of rotatable bonds is 3. The van der Waals surface area contributed by atoms with Gasteiger partial charge in [0.15, 0.2) is 0 Å². The quantitative estimate of drug-likeness (QED) is 0.790. The number of hydrogen-bond acceptors (Lipinski definition) is 3. The van der Waals surface area contributed by atoms with Crippen LogP contribution in [0.1, 0.15) is 11.1 Å². The van der Waals surface area contributed by atoms with Gasteiger partial charge in [-0.05, 0) is 25.0 Å². The molecule has 1 aliphatic heterocycles. The number of nitrogens with zero attached hydrogens (tertiary/aromatic N) is 1. The number of amides is 4. The van der Waals surface area contributed by atoms with Crippen molar-refractivity contribution < 1.29 is 14.4 Å². The van der Waals surface area contributed by atoms with Crippen LogP contribution in [0, 0.1) is 13.8 Å². The van der Waals surface area contributed by atoms with Crippen LogP contribution in [0.3, 0.4) is 0 Å². The number of benzene rings is 1. The lowest BCUT2D eigenvalue weighted by atomic mass is 10.1. The van der Waals surface area contributed by atoms with E-state index in [0.29, 0.717) is 0 Å². The van der Waals surface area contributed by atoms with Gasteiger partial charge in [-0.3, -0.25) is 14.5 Å². The maximum Gasteiger partial charge on any atom is 0.325 e. The fourth-order valence-electron chi connectivity index (χ4n) is 1.95. The molecule has 0 aliphatic carbocycles. The number of para-hydroxylation sites is 1. The molecule has 1 aromatic rings. The zero-order valence-corrected chi connectivity index (χ0v) is 10.8. The smallest absolute Gasteiger partial charge is 0.325 e. The number of hydrogen-bond donors (Lipinski definition) is 2. The van der Waals surface area contributed by atoms with E-state index in [4.69, 9.17) is 0 Å². The summed E-state index contributed by atoms with van der Waals surface area (Å²) in [6, 6.07) is 5.14. The highest BCUT2D eigenvalue weighted by atomic mass is 16.2. The largest absolute Gasteiger partial charge is 0.329 e. The summed E-state index contributed by atoms with van der Waals surface area (Å²) in [7, 11) is 0. The van der Waals surface area contributed by atoms with E-state index in [-0.39, 0.29) is 24.9 Å². The standard InChI is InChI=1S/C13H15N3O3/c1-8-4-3-5-9(2)12(8)15-10(17)7-16-11(18)6-14-13(16)19/h3-5H,6-7H2,1-2H3,(H,14,19)(H,15,17). The highest BCUT2D eigenvalue weighted by Crippen LogP contribution is 2.19. The number of anilines is 1. The van der Waals surface area contributed by atoms with E-state index >= 15 is 0 Å². The molecule has 0 saturated carbocycles. The van der Waals surface area contributed by atoms with Crippen LogP contribution in [0.25, 0.3) is 0 Å². The summed E-state index contributed by atoms with van der Waals surface area (Å²) in [5.74, 6) is -0.774. The molecule has 0 bridgehead atoms. The van der Waals surface area contributed by atoms with E-state index in [1.807, 2.05) is 32.0 Å². The summed E-state index contributed by atoms with van der Waals surface area (Å²) < 4.78 is 0. The topological polar surface area (TPSA) is 78.5 Å². The molecule has 1 aliphatic rings. The summed E-state index contributed by atoms with van der Waals surface area (Å²) in [6.45, 7) is 3.46. The Kier molecular flexibility index (Phi) is 3.50. The van der Waals surface area contributed by atoms with Crippen molar-refractivity contribution in [2.24, 2.45) is 0 Å². The Hall–Kier alpha value is -2.37. The number of carbonyl (C=O) groups is 3. The van der Waals surface area contributed by atoms with Crippen molar-refractivity contribution in [3.05, 3.63) is 29.3 Å². The third-order valence-electron chi connectivity index (χ3n) is 2.98. The van der Waals surface area contributed by atoms with Crippen molar-refractivity contribution in [2.45, 2.75) is 13.8 Å². The fourth-order valence-corrected chi connectivity index (χ4v) is 1.95. The molecule has 1 fully saturated rings. The van der Waals surface area contributed by atoms with Crippen LogP contribution in [0.4, 0.5) is 10.5 Å². The number of carbonyl (C=O) groups excluding carboxylic acids is 3. The second-order valence-corrected chi connectivity index (χ2v) is 4.45. The van der Waals surface area contributed by atoms with Crippen LogP contribution in [0.5, 0.6) is 0 Å². The van der Waals surface area contributed by atoms with E-state index in [1.54, 1.807) is 0 Å². The van der Waals surface area contributed by atoms with Gasteiger partial charge in [0.25, 0.3) is 5.91 Å². The first-order valence-corrected chi connectivity index (χ1v) is 5.93. The maximum atomic E-state index is 11.9. The van der Waals surface area contributed by atoms with Gasteiger partial charge in [0.2, 0.25) is 5.91 Å². The monoisotopic (exact) mass is 261 g/mol. The van der Waals surface area contributed by atoms with Crippen LogP contribution >= 0.6 is 0 Å². The minimum Gasteiger partial charge on any atom is -0.329 e. The summed E-state index contributed by atoms with van der Waals surface area (Å²) in [6.07, 6.45) is 0. The molecule has 100 valence electrons. The van der Waals surface area contributed by atoms with Gasteiger partial charge in [0.1, 0.15) is 6.54 Å². The lowest BCUT2D eigenvalue weighted by Gasteiger charge is -2.14. The Balaban J connectivity index is 2.06. The van der Waals surface area contributed by atoms with Crippen molar-refractivity contribution in [3.8, 4) is 0 Å². The lowest BCUT2D eigenvalue weighted by molar-refractivity contribution is -0.128. The first-order chi connectivity index (χ1) is 8.99. The maximum absolute atomic E-state index is 11.9. The molecule has 0 radical (unpaired) electrons. The van der Waals surface area contributed by atoms with Gasteiger partial charge in [0, 0.05) is 5.69 Å². The average molecular weight is 261 g/mol. The predicted octanol–water partition coefficient (Wildman–Crippen LogP) is 0.794. The molecule has 0 unspecified atom stereocenters. The van der Waals surface area contributed by atoms with Crippen LogP contribution < -0.4 is 10.6 Å². The van der Waals surface area contributed by atoms with Gasteiger partial charge < -0.3 is 10.6 Å². The van der Waals surface area contributed by atoms with Crippen LogP contribution in [-0.2, 0) is 9.59 Å². The SMILES string of the molecule is Cc1cccc(C)c1NC(=O)CN1C(=O)CNC1=O. The minimum absolute atomic E-state index is 0.0461. The zero-order valence-electron chi connectivity index (χ0n) is 10.8. The Morgan fingerprint density at radius 1 is 1.32 bits per heavy atom. The fraction of sp³-hybridized carbons (Fsp3) is 0.308. The van der Waals surface area contributed by atoms with E-state index < -0.39 is 6.03 Å². The van der Waals surface area contributed by atoms with Gasteiger partial charge in [-0.15, -0.1) is 0 Å². The predicted molar refractivity (Wildman–Crippen MR) is 69.7 cm³/mol. The third kappa shape index (κ3) is 2.73. The average Bonchev–Trinajstić information content (AvgIpc) is 2.66. The Morgan fingerprint density at radius 3 is 2.47 bits per heavy atom. The summed E-state index contributed by atoms with van der Waals surface area (Å²) in [5, 5.41) is 5.10. The Morgan fingerprint density at radius 2 is 1.95 bits per heavy atom. The van der Waals surface area contributed by atoms with Crippen molar-refractivity contribution in [2.75, 3.05) is 18.4 Å². The van der Waals surface area contributed by atoms with Crippen molar-refractivity contribution in [3.63, 3.8) is 0 Å². The molecule has 0 spiro atoms.